The molecule has 11 rings (SSSR count). The topological polar surface area (TPSA) is 220 Å². The summed E-state index contributed by atoms with van der Waals surface area (Å²) in [5.74, 6) is -0.644. The number of benzene rings is 3. The van der Waals surface area contributed by atoms with Crippen molar-refractivity contribution in [3.63, 3.8) is 0 Å². The molecule has 2 aromatic heterocycles. The molecular formula is C68H86F4N12O8. The van der Waals surface area contributed by atoms with E-state index in [0.29, 0.717) is 137 Å². The second kappa shape index (κ2) is 28.2. The molecule has 0 radical (unpaired) electrons. The number of amides is 4. The molecule has 0 aliphatic carbocycles. The van der Waals surface area contributed by atoms with Crippen molar-refractivity contribution in [2.75, 3.05) is 115 Å². The van der Waals surface area contributed by atoms with Crippen LogP contribution in [0.2, 0.25) is 0 Å². The van der Waals surface area contributed by atoms with Crippen LogP contribution in [0, 0.1) is 0 Å². The Morgan fingerprint density at radius 2 is 0.924 bits per heavy atom. The number of pyridine rings is 2. The third-order valence-corrected chi connectivity index (χ3v) is 19.0. The molecule has 0 bridgehead atoms. The van der Waals surface area contributed by atoms with Crippen molar-refractivity contribution >= 4 is 35.0 Å². The van der Waals surface area contributed by atoms with Gasteiger partial charge in [0.15, 0.2) is 0 Å². The maximum absolute atomic E-state index is 14.4. The molecule has 92 heavy (non-hydrogen) atoms. The summed E-state index contributed by atoms with van der Waals surface area (Å²) in [6, 6.07) is 23.3. The van der Waals surface area contributed by atoms with E-state index in [4.69, 9.17) is 9.47 Å². The summed E-state index contributed by atoms with van der Waals surface area (Å²) in [4.78, 5) is 101. The van der Waals surface area contributed by atoms with E-state index < -0.39 is 35.9 Å². The van der Waals surface area contributed by atoms with Gasteiger partial charge in [-0.1, -0.05) is 100 Å². The summed E-state index contributed by atoms with van der Waals surface area (Å²) in [6.45, 7) is 20.3. The summed E-state index contributed by atoms with van der Waals surface area (Å²) in [6.07, 6.45) is -6.13. The first kappa shape index (κ1) is 66.3. The zero-order valence-electron chi connectivity index (χ0n) is 53.3. The van der Waals surface area contributed by atoms with Crippen LogP contribution in [0.15, 0.2) is 94.5 Å². The minimum Gasteiger partial charge on any atom is -0.366 e. The summed E-state index contributed by atoms with van der Waals surface area (Å²) in [5.41, 5.74) is 4.97. The summed E-state index contributed by atoms with van der Waals surface area (Å²) < 4.78 is 65.0. The fourth-order valence-corrected chi connectivity index (χ4v) is 13.8. The van der Waals surface area contributed by atoms with Gasteiger partial charge in [-0.25, -0.2) is 17.6 Å². The molecule has 0 spiro atoms. The molecule has 5 aromatic rings. The van der Waals surface area contributed by atoms with Crippen LogP contribution in [0.4, 0.5) is 28.9 Å². The third-order valence-electron chi connectivity index (χ3n) is 19.0. The van der Waals surface area contributed by atoms with E-state index in [9.17, 15) is 46.3 Å². The van der Waals surface area contributed by atoms with Crippen molar-refractivity contribution in [1.29, 1.82) is 0 Å². The SMILES string of the molecule is C[C@@H]1CN(CC(=O)N2CC(C)(C)c3[nH]c(=O)c(Cc4ccc(C(F)F)cc4)cc32)[C@@H](CN2CCO[C@H](C(=O)NCc3ccc(CNC(=O)[C@@H]4CN(C[C@H]5CN[C@H](C)CN5CC(=O)N5CC(C)(C)c6[nH]c(=O)c(Cc7ccc(C(F)F)cc7)cc65)CCO4)cc3)C2)CN1. The van der Waals surface area contributed by atoms with Crippen molar-refractivity contribution < 1.29 is 46.2 Å². The first-order valence-electron chi connectivity index (χ1n) is 32.1. The van der Waals surface area contributed by atoms with Crippen LogP contribution in [-0.2, 0) is 65.4 Å². The maximum Gasteiger partial charge on any atom is 0.263 e. The van der Waals surface area contributed by atoms with Gasteiger partial charge in [0.05, 0.1) is 37.7 Å². The number of halogens is 4. The van der Waals surface area contributed by atoms with E-state index in [-0.39, 0.29) is 109 Å². The molecule has 4 fully saturated rings. The van der Waals surface area contributed by atoms with Crippen LogP contribution in [0.5, 0.6) is 0 Å². The Labute approximate surface area is 533 Å². The highest BCUT2D eigenvalue weighted by atomic mass is 19.3. The molecule has 4 amide bonds. The van der Waals surface area contributed by atoms with Crippen molar-refractivity contribution in [3.05, 3.63) is 162 Å². The van der Waals surface area contributed by atoms with Crippen LogP contribution >= 0.6 is 0 Å². The number of anilines is 2. The normalized spacial score (nSPS) is 23.6. The lowest BCUT2D eigenvalue weighted by Crippen LogP contribution is -2.62. The summed E-state index contributed by atoms with van der Waals surface area (Å²) in [7, 11) is 0. The van der Waals surface area contributed by atoms with Crippen LogP contribution in [0.25, 0.3) is 0 Å². The largest absolute Gasteiger partial charge is 0.366 e. The summed E-state index contributed by atoms with van der Waals surface area (Å²) in [5, 5.41) is 13.2. The molecule has 4 saturated heterocycles. The minimum atomic E-state index is -2.59. The molecule has 6 aliphatic rings. The highest BCUT2D eigenvalue weighted by Crippen LogP contribution is 2.41. The quantitative estimate of drug-likeness (QED) is 0.0581. The first-order valence-corrected chi connectivity index (χ1v) is 32.1. The van der Waals surface area contributed by atoms with Crippen molar-refractivity contribution in [2.24, 2.45) is 0 Å². The molecule has 8 heterocycles. The second-order valence-corrected chi connectivity index (χ2v) is 27.2. The Hall–Kier alpha value is -7.16. The monoisotopic (exact) mass is 1270 g/mol. The van der Waals surface area contributed by atoms with Crippen LogP contribution in [0.3, 0.4) is 0 Å². The molecule has 24 heteroatoms. The van der Waals surface area contributed by atoms with Crippen LogP contribution < -0.4 is 42.2 Å². The van der Waals surface area contributed by atoms with Crippen LogP contribution in [-0.4, -0.2) is 194 Å². The average molecular weight is 1280 g/mol. The van der Waals surface area contributed by atoms with E-state index in [2.05, 4.69) is 64.7 Å². The molecule has 20 nitrogen and oxygen atoms in total. The fourth-order valence-electron chi connectivity index (χ4n) is 13.8. The molecule has 3 aromatic carbocycles. The lowest BCUT2D eigenvalue weighted by Gasteiger charge is -2.43. The van der Waals surface area contributed by atoms with Crippen molar-refractivity contribution in [3.8, 4) is 0 Å². The molecular weight excluding hydrogens is 1190 g/mol. The Bertz CT molecular complexity index is 3360. The standard InChI is InChI=1S/C68H86F4N12O8/c1-41-31-81(37-57(85)83-39-67(3,4)59-53(83)25-49(63(87)77-59)23-43-11-15-47(16-12-43)61(69)70)51(29-73-41)33-79-19-21-91-55(35-79)65(89)75-27-45-7-9-46(10-8-45)28-76-66(90)56-36-80(20-22-92-56)34-52-30-74-42(2)32-82(52)38-58(86)84-40-68(5,6)60-54(84)26-50(64(88)78-60)24-44-13-17-48(18-14-44)62(71)72/h7-18,25-26,41-42,51-52,55-56,61-62,73-74H,19-24,27-40H2,1-6H3,(H,75,89)(H,76,90)(H,77,87)(H,78,88)/t41-,42-,51-,52-,55+,56+/m1/s1. The van der Waals surface area contributed by atoms with Gasteiger partial charge in [0, 0.05) is 173 Å². The third kappa shape index (κ3) is 15.6. The smallest absolute Gasteiger partial charge is 0.263 e. The molecule has 0 saturated carbocycles. The molecule has 6 aliphatic heterocycles. The summed E-state index contributed by atoms with van der Waals surface area (Å²) >= 11 is 0. The maximum atomic E-state index is 14.4. The molecule has 6 atom stereocenters. The number of fused-ring (bicyclic) bond motifs is 2. The van der Waals surface area contributed by atoms with Crippen molar-refractivity contribution in [2.45, 2.75) is 128 Å². The van der Waals surface area contributed by atoms with E-state index in [1.807, 2.05) is 52.0 Å². The predicted octanol–water partition coefficient (Wildman–Crippen LogP) is 4.73. The Morgan fingerprint density at radius 3 is 1.29 bits per heavy atom. The number of H-pyrrole nitrogens is 2. The first-order chi connectivity index (χ1) is 43.9. The highest BCUT2D eigenvalue weighted by Gasteiger charge is 2.43. The number of carbonyl (C=O) groups is 4. The highest BCUT2D eigenvalue weighted by molar-refractivity contribution is 5.98. The van der Waals surface area contributed by atoms with E-state index in [0.717, 1.165) is 11.1 Å². The van der Waals surface area contributed by atoms with Crippen molar-refractivity contribution in [1.82, 2.24) is 50.8 Å². The minimum absolute atomic E-state index is 0.0410. The fraction of sp³-hybridized carbons (Fsp3) is 0.529. The predicted molar refractivity (Wildman–Crippen MR) is 341 cm³/mol. The number of morpholine rings is 2. The zero-order chi connectivity index (χ0) is 65.2. The number of rotatable bonds is 20. The van der Waals surface area contributed by atoms with E-state index >= 15 is 0 Å². The van der Waals surface area contributed by atoms with Gasteiger partial charge in [-0.05, 0) is 48.2 Å². The van der Waals surface area contributed by atoms with Gasteiger partial charge in [-0.3, -0.25) is 48.4 Å². The Kier molecular flexibility index (Phi) is 20.3. The lowest BCUT2D eigenvalue weighted by molar-refractivity contribution is -0.139. The lowest BCUT2D eigenvalue weighted by atomic mass is 9.91. The van der Waals surface area contributed by atoms with Crippen LogP contribution in [0.1, 0.15) is 110 Å². The molecule has 0 unspecified atom stereocenters. The number of aromatic amines is 2. The average Bonchev–Trinajstić information content (AvgIpc) is 1.61. The number of alkyl halides is 4. The number of aromatic nitrogens is 2. The molecule has 6 N–H and O–H groups in total. The second-order valence-electron chi connectivity index (χ2n) is 27.2. The Balaban J connectivity index is 0.629. The number of nitrogens with zero attached hydrogens (tertiary/aromatic N) is 6. The van der Waals surface area contributed by atoms with Gasteiger partial charge in [0.25, 0.3) is 35.8 Å². The van der Waals surface area contributed by atoms with Gasteiger partial charge < -0.3 is 50.5 Å². The number of hydrogen-bond donors (Lipinski definition) is 6. The Morgan fingerprint density at radius 1 is 0.554 bits per heavy atom. The number of hydrogen-bond acceptors (Lipinski definition) is 14. The van der Waals surface area contributed by atoms with Gasteiger partial charge in [0.1, 0.15) is 12.2 Å². The van der Waals surface area contributed by atoms with Gasteiger partial charge >= 0.3 is 0 Å². The van der Waals surface area contributed by atoms with E-state index in [1.54, 1.807) is 46.2 Å². The van der Waals surface area contributed by atoms with Gasteiger partial charge in [-0.15, -0.1) is 0 Å². The number of ether oxygens (including phenoxy) is 2. The number of carbonyl (C=O) groups excluding carboxylic acids is 4. The van der Waals surface area contributed by atoms with Gasteiger partial charge in [-0.2, -0.15) is 0 Å². The molecule has 494 valence electrons. The zero-order valence-corrected chi connectivity index (χ0v) is 53.3. The number of nitrogens with one attached hydrogen (secondary N) is 6. The van der Waals surface area contributed by atoms with E-state index in [1.165, 1.54) is 24.3 Å². The van der Waals surface area contributed by atoms with Gasteiger partial charge in [0.2, 0.25) is 11.8 Å². The number of piperazine rings is 2.